The fourth-order valence-corrected chi connectivity index (χ4v) is 1.95. The minimum absolute atomic E-state index is 0.0664. The molecule has 0 spiro atoms. The molecule has 0 saturated heterocycles. The Bertz CT molecular complexity index is 202. The van der Waals surface area contributed by atoms with Gasteiger partial charge < -0.3 is 15.8 Å². The number of carbonyl (C=O) groups excluding carboxylic acids is 1. The molecule has 102 valence electrons. The third-order valence-electron chi connectivity index (χ3n) is 2.76. The van der Waals surface area contributed by atoms with Crippen LogP contribution in [0.5, 0.6) is 0 Å². The maximum Gasteiger partial charge on any atom is 0.224 e. The predicted molar refractivity (Wildman–Crippen MR) is 70.7 cm³/mol. The van der Waals surface area contributed by atoms with Crippen molar-refractivity contribution >= 4 is 5.91 Å². The number of rotatable bonds is 9. The van der Waals surface area contributed by atoms with Gasteiger partial charge in [-0.15, -0.1) is 0 Å². The average Bonchev–Trinajstić information content (AvgIpc) is 2.26. The van der Waals surface area contributed by atoms with Gasteiger partial charge in [0.1, 0.15) is 0 Å². The van der Waals surface area contributed by atoms with Gasteiger partial charge in [0.15, 0.2) is 0 Å². The lowest BCUT2D eigenvalue weighted by Crippen LogP contribution is -2.43. The summed E-state index contributed by atoms with van der Waals surface area (Å²) in [6.07, 6.45) is 2.82. The minimum Gasteiger partial charge on any atom is -0.383 e. The van der Waals surface area contributed by atoms with Gasteiger partial charge in [-0.1, -0.05) is 27.2 Å². The number of carbonyl (C=O) groups is 1. The molecule has 4 heteroatoms. The molecule has 0 aromatic rings. The summed E-state index contributed by atoms with van der Waals surface area (Å²) in [4.78, 5) is 12.0. The van der Waals surface area contributed by atoms with Gasteiger partial charge in [0.2, 0.25) is 5.91 Å². The third kappa shape index (κ3) is 7.34. The van der Waals surface area contributed by atoms with Crippen LogP contribution in [0, 0.1) is 11.8 Å². The third-order valence-corrected chi connectivity index (χ3v) is 2.76. The van der Waals surface area contributed by atoms with Crippen molar-refractivity contribution in [2.24, 2.45) is 17.6 Å². The largest absolute Gasteiger partial charge is 0.383 e. The van der Waals surface area contributed by atoms with E-state index in [0.29, 0.717) is 19.1 Å². The maximum absolute atomic E-state index is 12.0. The fraction of sp³-hybridized carbons (Fsp3) is 0.923. The normalized spacial score (nSPS) is 14.7. The number of nitrogens with one attached hydrogen (secondary N) is 1. The Morgan fingerprint density at radius 2 is 2.06 bits per heavy atom. The van der Waals surface area contributed by atoms with Crippen LogP contribution in [0.15, 0.2) is 0 Å². The van der Waals surface area contributed by atoms with Gasteiger partial charge in [-0.25, -0.2) is 0 Å². The molecule has 0 aromatic heterocycles. The van der Waals surface area contributed by atoms with Crippen LogP contribution in [0.2, 0.25) is 0 Å². The Morgan fingerprint density at radius 1 is 1.41 bits per heavy atom. The molecule has 17 heavy (non-hydrogen) atoms. The number of methoxy groups -OCH3 is 1. The lowest BCUT2D eigenvalue weighted by molar-refractivity contribution is -0.126. The first-order valence-electron chi connectivity index (χ1n) is 6.54. The molecule has 1 amide bonds. The summed E-state index contributed by atoms with van der Waals surface area (Å²) in [5.41, 5.74) is 5.65. The number of hydrogen-bond acceptors (Lipinski definition) is 3. The van der Waals surface area contributed by atoms with Crippen molar-refractivity contribution < 1.29 is 9.53 Å². The van der Waals surface area contributed by atoms with Crippen molar-refractivity contribution in [3.63, 3.8) is 0 Å². The second-order valence-electron chi connectivity index (χ2n) is 5.01. The summed E-state index contributed by atoms with van der Waals surface area (Å²) in [6, 6.07) is 0.110. The molecule has 2 unspecified atom stereocenters. The van der Waals surface area contributed by atoms with E-state index in [1.165, 1.54) is 0 Å². The Labute approximate surface area is 105 Å². The predicted octanol–water partition coefficient (Wildman–Crippen LogP) is 1.54. The van der Waals surface area contributed by atoms with E-state index < -0.39 is 0 Å². The quantitative estimate of drug-likeness (QED) is 0.646. The molecule has 0 heterocycles. The number of nitrogens with two attached hydrogens (primary N) is 1. The first-order chi connectivity index (χ1) is 8.04. The molecule has 0 aliphatic heterocycles. The van der Waals surface area contributed by atoms with E-state index in [1.807, 2.05) is 0 Å². The minimum atomic E-state index is -0.0776. The highest BCUT2D eigenvalue weighted by atomic mass is 16.5. The van der Waals surface area contributed by atoms with Crippen molar-refractivity contribution in [2.45, 2.75) is 46.1 Å². The fourth-order valence-electron chi connectivity index (χ4n) is 1.95. The summed E-state index contributed by atoms with van der Waals surface area (Å²) in [6.45, 7) is 7.29. The monoisotopic (exact) mass is 244 g/mol. The molecule has 0 aromatic carbocycles. The molecule has 0 aliphatic rings. The van der Waals surface area contributed by atoms with Gasteiger partial charge in [0.25, 0.3) is 0 Å². The Hall–Kier alpha value is -0.610. The van der Waals surface area contributed by atoms with Gasteiger partial charge in [0, 0.05) is 13.7 Å². The van der Waals surface area contributed by atoms with Crippen LogP contribution in [0.4, 0.5) is 0 Å². The van der Waals surface area contributed by atoms with Crippen LogP contribution >= 0.6 is 0 Å². The summed E-state index contributed by atoms with van der Waals surface area (Å²) in [5, 5.41) is 3.03. The van der Waals surface area contributed by atoms with E-state index in [1.54, 1.807) is 7.11 Å². The molecule has 3 N–H and O–H groups in total. The van der Waals surface area contributed by atoms with Crippen LogP contribution in [0.1, 0.15) is 40.0 Å². The zero-order chi connectivity index (χ0) is 13.3. The van der Waals surface area contributed by atoms with Crippen molar-refractivity contribution in [1.82, 2.24) is 5.32 Å². The van der Waals surface area contributed by atoms with Crippen LogP contribution < -0.4 is 11.1 Å². The SMILES string of the molecule is CCCC(COC)NC(=O)C(CN)CC(C)C. The number of ether oxygens (including phenoxy) is 1. The van der Waals surface area contributed by atoms with Crippen LogP contribution in [0.25, 0.3) is 0 Å². The molecule has 0 aliphatic carbocycles. The zero-order valence-electron chi connectivity index (χ0n) is 11.7. The van der Waals surface area contributed by atoms with Crippen LogP contribution in [-0.2, 0) is 9.53 Å². The standard InChI is InChI=1S/C13H28N2O2/c1-5-6-12(9-17-4)15-13(16)11(8-14)7-10(2)3/h10-12H,5-9,14H2,1-4H3,(H,15,16). The van der Waals surface area contributed by atoms with E-state index in [9.17, 15) is 4.79 Å². The molecule has 2 atom stereocenters. The summed E-state index contributed by atoms with van der Waals surface area (Å²) in [5.74, 6) is 0.476. The lowest BCUT2D eigenvalue weighted by atomic mass is 9.96. The van der Waals surface area contributed by atoms with Gasteiger partial charge in [-0.05, 0) is 18.8 Å². The highest BCUT2D eigenvalue weighted by Crippen LogP contribution is 2.11. The number of amides is 1. The lowest BCUT2D eigenvalue weighted by Gasteiger charge is -2.22. The van der Waals surface area contributed by atoms with Gasteiger partial charge in [-0.3, -0.25) is 4.79 Å². The number of hydrogen-bond donors (Lipinski definition) is 2. The van der Waals surface area contributed by atoms with Gasteiger partial charge in [-0.2, -0.15) is 0 Å². The highest BCUT2D eigenvalue weighted by Gasteiger charge is 2.20. The smallest absolute Gasteiger partial charge is 0.224 e. The molecule has 0 fully saturated rings. The van der Waals surface area contributed by atoms with E-state index in [-0.39, 0.29) is 17.9 Å². The van der Waals surface area contributed by atoms with E-state index >= 15 is 0 Å². The van der Waals surface area contributed by atoms with E-state index in [2.05, 4.69) is 26.1 Å². The van der Waals surface area contributed by atoms with Gasteiger partial charge >= 0.3 is 0 Å². The molecule has 0 radical (unpaired) electrons. The van der Waals surface area contributed by atoms with Crippen molar-refractivity contribution in [1.29, 1.82) is 0 Å². The topological polar surface area (TPSA) is 64.3 Å². The molecule has 0 rings (SSSR count). The van der Waals surface area contributed by atoms with Crippen molar-refractivity contribution in [3.8, 4) is 0 Å². The molecule has 0 bridgehead atoms. The van der Waals surface area contributed by atoms with Gasteiger partial charge in [0.05, 0.1) is 18.6 Å². The summed E-state index contributed by atoms with van der Waals surface area (Å²) < 4.78 is 5.11. The Morgan fingerprint density at radius 3 is 2.47 bits per heavy atom. The van der Waals surface area contributed by atoms with Crippen LogP contribution in [-0.4, -0.2) is 32.2 Å². The maximum atomic E-state index is 12.0. The molecule has 4 nitrogen and oxygen atoms in total. The Balaban J connectivity index is 4.24. The van der Waals surface area contributed by atoms with E-state index in [4.69, 9.17) is 10.5 Å². The zero-order valence-corrected chi connectivity index (χ0v) is 11.7. The Kier molecular flexibility index (Phi) is 9.09. The van der Waals surface area contributed by atoms with Crippen molar-refractivity contribution in [3.05, 3.63) is 0 Å². The second kappa shape index (κ2) is 9.42. The average molecular weight is 244 g/mol. The molecule has 0 saturated carbocycles. The summed E-state index contributed by atoms with van der Waals surface area (Å²) >= 11 is 0. The first-order valence-corrected chi connectivity index (χ1v) is 6.54. The second-order valence-corrected chi connectivity index (χ2v) is 5.01. The summed E-state index contributed by atoms with van der Waals surface area (Å²) in [7, 11) is 1.66. The highest BCUT2D eigenvalue weighted by molar-refractivity contribution is 5.79. The molecular weight excluding hydrogens is 216 g/mol. The van der Waals surface area contributed by atoms with Crippen molar-refractivity contribution in [2.75, 3.05) is 20.3 Å². The first kappa shape index (κ1) is 16.4. The van der Waals surface area contributed by atoms with Crippen LogP contribution in [0.3, 0.4) is 0 Å². The molecular formula is C13H28N2O2. The van der Waals surface area contributed by atoms with E-state index in [0.717, 1.165) is 19.3 Å².